The number of nitrogens with two attached hydrogens (primary N) is 1. The molecule has 0 aromatic rings. The summed E-state index contributed by atoms with van der Waals surface area (Å²) in [6.45, 7) is 5.48. The lowest BCUT2D eigenvalue weighted by atomic mass is 9.60. The van der Waals surface area contributed by atoms with Gasteiger partial charge in [-0.3, -0.25) is 0 Å². The van der Waals surface area contributed by atoms with Crippen molar-refractivity contribution in [2.45, 2.75) is 39.5 Å². The molecule has 1 nitrogen and oxygen atoms in total. The van der Waals surface area contributed by atoms with Gasteiger partial charge in [0.15, 0.2) is 0 Å². The van der Waals surface area contributed by atoms with E-state index in [-0.39, 0.29) is 0 Å². The first kappa shape index (κ1) is 8.06. The Morgan fingerprint density at radius 3 is 2.40 bits per heavy atom. The lowest BCUT2D eigenvalue weighted by molar-refractivity contribution is 0.0646. The summed E-state index contributed by atoms with van der Waals surface area (Å²) in [6, 6.07) is 0. The van der Waals surface area contributed by atoms with E-state index in [1.54, 1.807) is 0 Å². The third kappa shape index (κ3) is 1.34. The SMILES string of the molecule is CCCC1(CN)CC(C)C1. The second kappa shape index (κ2) is 2.91. The van der Waals surface area contributed by atoms with Crippen LogP contribution in [-0.4, -0.2) is 6.54 Å². The summed E-state index contributed by atoms with van der Waals surface area (Å²) in [6.07, 6.45) is 5.38. The van der Waals surface area contributed by atoms with E-state index >= 15 is 0 Å². The normalized spacial score (nSPS) is 39.3. The van der Waals surface area contributed by atoms with Gasteiger partial charge in [-0.05, 0) is 37.1 Å². The summed E-state index contributed by atoms with van der Waals surface area (Å²) in [5.74, 6) is 0.940. The minimum atomic E-state index is 0.564. The molecule has 10 heavy (non-hydrogen) atoms. The van der Waals surface area contributed by atoms with Crippen LogP contribution in [0.3, 0.4) is 0 Å². The summed E-state index contributed by atoms with van der Waals surface area (Å²) in [5, 5.41) is 0. The van der Waals surface area contributed by atoms with E-state index in [2.05, 4.69) is 13.8 Å². The third-order valence-electron chi connectivity index (χ3n) is 2.78. The van der Waals surface area contributed by atoms with E-state index in [4.69, 9.17) is 5.73 Å². The van der Waals surface area contributed by atoms with Gasteiger partial charge in [0.2, 0.25) is 0 Å². The minimum Gasteiger partial charge on any atom is -0.330 e. The molecule has 1 aliphatic rings. The van der Waals surface area contributed by atoms with Crippen LogP contribution in [0.2, 0.25) is 0 Å². The molecule has 0 atom stereocenters. The molecule has 0 bridgehead atoms. The molecule has 1 fully saturated rings. The van der Waals surface area contributed by atoms with Crippen LogP contribution in [-0.2, 0) is 0 Å². The molecular weight excluding hydrogens is 122 g/mol. The van der Waals surface area contributed by atoms with E-state index in [1.165, 1.54) is 25.7 Å². The molecule has 1 aliphatic carbocycles. The molecule has 0 saturated heterocycles. The molecule has 0 aliphatic heterocycles. The monoisotopic (exact) mass is 141 g/mol. The molecule has 0 aromatic carbocycles. The molecule has 0 amide bonds. The highest BCUT2D eigenvalue weighted by Gasteiger charge is 2.39. The van der Waals surface area contributed by atoms with E-state index < -0.39 is 0 Å². The first-order valence-corrected chi connectivity index (χ1v) is 4.42. The Morgan fingerprint density at radius 1 is 1.50 bits per heavy atom. The van der Waals surface area contributed by atoms with Crippen LogP contribution in [0.4, 0.5) is 0 Å². The molecule has 0 heterocycles. The Balaban J connectivity index is 2.32. The fourth-order valence-corrected chi connectivity index (χ4v) is 2.42. The summed E-state index contributed by atoms with van der Waals surface area (Å²) in [4.78, 5) is 0. The Kier molecular flexibility index (Phi) is 2.35. The van der Waals surface area contributed by atoms with Crippen LogP contribution in [0.15, 0.2) is 0 Å². The van der Waals surface area contributed by atoms with Crippen molar-refractivity contribution in [3.05, 3.63) is 0 Å². The first-order valence-electron chi connectivity index (χ1n) is 4.42. The largest absolute Gasteiger partial charge is 0.330 e. The van der Waals surface area contributed by atoms with Crippen molar-refractivity contribution >= 4 is 0 Å². The topological polar surface area (TPSA) is 26.0 Å². The Bertz CT molecular complexity index is 97.8. The van der Waals surface area contributed by atoms with Crippen LogP contribution >= 0.6 is 0 Å². The summed E-state index contributed by atoms with van der Waals surface area (Å²) in [7, 11) is 0. The molecule has 1 rings (SSSR count). The minimum absolute atomic E-state index is 0.564. The molecule has 0 aromatic heterocycles. The Labute approximate surface area is 64.0 Å². The van der Waals surface area contributed by atoms with Crippen LogP contribution in [0.1, 0.15) is 39.5 Å². The predicted molar refractivity (Wildman–Crippen MR) is 44.8 cm³/mol. The van der Waals surface area contributed by atoms with Gasteiger partial charge >= 0.3 is 0 Å². The Morgan fingerprint density at radius 2 is 2.10 bits per heavy atom. The summed E-state index contributed by atoms with van der Waals surface area (Å²) >= 11 is 0. The van der Waals surface area contributed by atoms with Crippen LogP contribution < -0.4 is 5.73 Å². The van der Waals surface area contributed by atoms with Crippen molar-refractivity contribution in [3.8, 4) is 0 Å². The molecule has 1 saturated carbocycles. The van der Waals surface area contributed by atoms with Gasteiger partial charge in [-0.25, -0.2) is 0 Å². The maximum absolute atomic E-state index is 5.72. The highest BCUT2D eigenvalue weighted by atomic mass is 14.6. The standard InChI is InChI=1S/C9H19N/c1-3-4-9(7-10)5-8(2)6-9/h8H,3-7,10H2,1-2H3. The fraction of sp³-hybridized carbons (Fsp3) is 1.00. The molecular formula is C9H19N. The quantitative estimate of drug-likeness (QED) is 0.640. The molecule has 0 spiro atoms. The van der Waals surface area contributed by atoms with Gasteiger partial charge in [0.05, 0.1) is 0 Å². The van der Waals surface area contributed by atoms with Crippen molar-refractivity contribution < 1.29 is 0 Å². The van der Waals surface area contributed by atoms with Crippen LogP contribution in [0.5, 0.6) is 0 Å². The molecule has 0 radical (unpaired) electrons. The number of hydrogen-bond acceptors (Lipinski definition) is 1. The molecule has 1 heteroatoms. The van der Waals surface area contributed by atoms with E-state index in [1.807, 2.05) is 0 Å². The van der Waals surface area contributed by atoms with Crippen molar-refractivity contribution in [3.63, 3.8) is 0 Å². The zero-order chi connectivity index (χ0) is 7.61. The van der Waals surface area contributed by atoms with Gasteiger partial charge in [0, 0.05) is 0 Å². The van der Waals surface area contributed by atoms with E-state index in [0.717, 1.165) is 12.5 Å². The zero-order valence-corrected chi connectivity index (χ0v) is 7.19. The van der Waals surface area contributed by atoms with Crippen molar-refractivity contribution in [2.75, 3.05) is 6.54 Å². The zero-order valence-electron chi connectivity index (χ0n) is 7.19. The van der Waals surface area contributed by atoms with Crippen LogP contribution in [0, 0.1) is 11.3 Å². The smallest absolute Gasteiger partial charge is 0.00203 e. The van der Waals surface area contributed by atoms with Gasteiger partial charge < -0.3 is 5.73 Å². The van der Waals surface area contributed by atoms with Gasteiger partial charge in [-0.1, -0.05) is 20.3 Å². The van der Waals surface area contributed by atoms with Crippen molar-refractivity contribution in [1.29, 1.82) is 0 Å². The van der Waals surface area contributed by atoms with Crippen molar-refractivity contribution in [2.24, 2.45) is 17.1 Å². The van der Waals surface area contributed by atoms with Gasteiger partial charge in [0.25, 0.3) is 0 Å². The van der Waals surface area contributed by atoms with Gasteiger partial charge in [0.1, 0.15) is 0 Å². The molecule has 2 N–H and O–H groups in total. The average molecular weight is 141 g/mol. The molecule has 0 unspecified atom stereocenters. The van der Waals surface area contributed by atoms with Crippen molar-refractivity contribution in [1.82, 2.24) is 0 Å². The number of hydrogen-bond donors (Lipinski definition) is 1. The summed E-state index contributed by atoms with van der Waals surface area (Å²) < 4.78 is 0. The first-order chi connectivity index (χ1) is 4.72. The number of rotatable bonds is 3. The summed E-state index contributed by atoms with van der Waals surface area (Å²) in [5.41, 5.74) is 6.28. The maximum atomic E-state index is 5.72. The lowest BCUT2D eigenvalue weighted by Crippen LogP contribution is -2.41. The third-order valence-corrected chi connectivity index (χ3v) is 2.78. The van der Waals surface area contributed by atoms with Gasteiger partial charge in [-0.15, -0.1) is 0 Å². The van der Waals surface area contributed by atoms with E-state index in [0.29, 0.717) is 5.41 Å². The fourth-order valence-electron chi connectivity index (χ4n) is 2.42. The highest BCUT2D eigenvalue weighted by molar-refractivity contribution is 4.92. The predicted octanol–water partition coefficient (Wildman–Crippen LogP) is 2.16. The van der Waals surface area contributed by atoms with Crippen LogP contribution in [0.25, 0.3) is 0 Å². The highest BCUT2D eigenvalue weighted by Crippen LogP contribution is 2.47. The van der Waals surface area contributed by atoms with E-state index in [9.17, 15) is 0 Å². The second-order valence-corrected chi connectivity index (χ2v) is 3.97. The van der Waals surface area contributed by atoms with Gasteiger partial charge in [-0.2, -0.15) is 0 Å². The second-order valence-electron chi connectivity index (χ2n) is 3.97. The maximum Gasteiger partial charge on any atom is -0.00203 e. The average Bonchev–Trinajstić information content (AvgIpc) is 1.84. The molecule has 60 valence electrons. The Hall–Kier alpha value is -0.0400. The lowest BCUT2D eigenvalue weighted by Gasteiger charge is -2.46.